The van der Waals surface area contributed by atoms with Crippen molar-refractivity contribution in [3.8, 4) is 0 Å². The predicted molar refractivity (Wildman–Crippen MR) is 98.0 cm³/mol. The number of fused-ring (bicyclic) bond motifs is 1. The average molecular weight is 339 g/mol. The summed E-state index contributed by atoms with van der Waals surface area (Å²) in [6.07, 6.45) is 1.36. The zero-order valence-corrected chi connectivity index (χ0v) is 14.9. The highest BCUT2D eigenvalue weighted by Gasteiger charge is 2.34. The number of aromatic nitrogens is 3. The molecule has 25 heavy (non-hydrogen) atoms. The lowest BCUT2D eigenvalue weighted by Gasteiger charge is -2.38. The van der Waals surface area contributed by atoms with Crippen LogP contribution in [0.5, 0.6) is 0 Å². The standard InChI is InChI=1S/C19H25N5O/c1-14-4-3-5-18(20-14)23-9-8-16-12-24(10-11-25-17(16)13-23)19-7-6-15(2)21-22-19/h3-7,16-17H,8-13H2,1-2H3/t16-,17-/m0/s1. The molecule has 2 saturated heterocycles. The van der Waals surface area contributed by atoms with Crippen molar-refractivity contribution in [1.29, 1.82) is 0 Å². The first-order valence-corrected chi connectivity index (χ1v) is 9.04. The molecule has 0 amide bonds. The minimum absolute atomic E-state index is 0.250. The van der Waals surface area contributed by atoms with E-state index in [1.54, 1.807) is 0 Å². The number of piperidine rings is 1. The molecule has 2 aromatic rings. The van der Waals surface area contributed by atoms with Crippen LogP contribution in [0.1, 0.15) is 17.8 Å². The van der Waals surface area contributed by atoms with Gasteiger partial charge in [-0.25, -0.2) is 4.98 Å². The Hall–Kier alpha value is -2.21. The quantitative estimate of drug-likeness (QED) is 0.836. The van der Waals surface area contributed by atoms with E-state index in [2.05, 4.69) is 43.2 Å². The minimum atomic E-state index is 0.250. The lowest BCUT2D eigenvalue weighted by Crippen LogP contribution is -2.47. The molecule has 4 rings (SSSR count). The van der Waals surface area contributed by atoms with Crippen LogP contribution in [0, 0.1) is 19.8 Å². The molecule has 6 heteroatoms. The molecular weight excluding hydrogens is 314 g/mol. The van der Waals surface area contributed by atoms with Crippen LogP contribution in [0.25, 0.3) is 0 Å². The van der Waals surface area contributed by atoms with Crippen LogP contribution < -0.4 is 9.80 Å². The fourth-order valence-electron chi connectivity index (χ4n) is 3.73. The molecular formula is C19H25N5O. The first-order chi connectivity index (χ1) is 12.2. The number of anilines is 2. The SMILES string of the molecule is Cc1ccc(N2CCO[C@H]3CN(c4cccc(C)n4)CC[C@H]3C2)nn1. The zero-order valence-electron chi connectivity index (χ0n) is 14.9. The van der Waals surface area contributed by atoms with Crippen molar-refractivity contribution in [3.63, 3.8) is 0 Å². The van der Waals surface area contributed by atoms with Gasteiger partial charge in [-0.3, -0.25) is 0 Å². The first-order valence-electron chi connectivity index (χ1n) is 9.04. The minimum Gasteiger partial charge on any atom is -0.374 e. The molecule has 0 bridgehead atoms. The fourth-order valence-corrected chi connectivity index (χ4v) is 3.73. The van der Waals surface area contributed by atoms with Gasteiger partial charge in [0.2, 0.25) is 0 Å². The molecule has 2 fully saturated rings. The van der Waals surface area contributed by atoms with Gasteiger partial charge in [0.05, 0.1) is 18.4 Å². The van der Waals surface area contributed by atoms with Gasteiger partial charge in [0.15, 0.2) is 5.82 Å². The van der Waals surface area contributed by atoms with Crippen molar-refractivity contribution >= 4 is 11.6 Å². The predicted octanol–water partition coefficient (Wildman–Crippen LogP) is 2.22. The van der Waals surface area contributed by atoms with Gasteiger partial charge in [-0.15, -0.1) is 5.10 Å². The molecule has 0 saturated carbocycles. The number of nitrogens with zero attached hydrogens (tertiary/aromatic N) is 5. The largest absolute Gasteiger partial charge is 0.374 e. The Bertz CT molecular complexity index is 720. The Morgan fingerprint density at radius 2 is 1.80 bits per heavy atom. The molecule has 0 spiro atoms. The molecule has 0 radical (unpaired) electrons. The molecule has 0 aliphatic carbocycles. The number of pyridine rings is 1. The van der Waals surface area contributed by atoms with Gasteiger partial charge in [0.1, 0.15) is 5.82 Å². The van der Waals surface area contributed by atoms with Crippen LogP contribution in [0.3, 0.4) is 0 Å². The Morgan fingerprint density at radius 1 is 0.920 bits per heavy atom. The van der Waals surface area contributed by atoms with Crippen molar-refractivity contribution in [2.45, 2.75) is 26.4 Å². The highest BCUT2D eigenvalue weighted by molar-refractivity contribution is 5.41. The van der Waals surface area contributed by atoms with Crippen molar-refractivity contribution in [2.24, 2.45) is 5.92 Å². The van der Waals surface area contributed by atoms with E-state index < -0.39 is 0 Å². The van der Waals surface area contributed by atoms with Crippen LogP contribution in [0.2, 0.25) is 0 Å². The monoisotopic (exact) mass is 339 g/mol. The van der Waals surface area contributed by atoms with Gasteiger partial charge in [0.25, 0.3) is 0 Å². The van der Waals surface area contributed by atoms with Gasteiger partial charge in [-0.05, 0) is 44.5 Å². The number of ether oxygens (including phenoxy) is 1. The van der Waals surface area contributed by atoms with E-state index in [-0.39, 0.29) is 6.10 Å². The third-order valence-corrected chi connectivity index (χ3v) is 5.15. The maximum Gasteiger partial charge on any atom is 0.151 e. The summed E-state index contributed by atoms with van der Waals surface area (Å²) in [5, 5.41) is 8.55. The van der Waals surface area contributed by atoms with Crippen LogP contribution in [0.15, 0.2) is 30.3 Å². The lowest BCUT2D eigenvalue weighted by molar-refractivity contribution is 0.0251. The van der Waals surface area contributed by atoms with Crippen molar-refractivity contribution in [1.82, 2.24) is 15.2 Å². The molecule has 132 valence electrons. The maximum atomic E-state index is 6.21. The van der Waals surface area contributed by atoms with Gasteiger partial charge >= 0.3 is 0 Å². The van der Waals surface area contributed by atoms with Gasteiger partial charge in [-0.1, -0.05) is 6.07 Å². The molecule has 2 atom stereocenters. The average Bonchev–Trinajstić information content (AvgIpc) is 2.84. The van der Waals surface area contributed by atoms with Crippen molar-refractivity contribution in [3.05, 3.63) is 41.7 Å². The van der Waals surface area contributed by atoms with E-state index >= 15 is 0 Å². The van der Waals surface area contributed by atoms with E-state index in [0.717, 1.165) is 62.2 Å². The van der Waals surface area contributed by atoms with Crippen LogP contribution >= 0.6 is 0 Å². The Morgan fingerprint density at radius 3 is 2.60 bits per heavy atom. The first kappa shape index (κ1) is 16.3. The van der Waals surface area contributed by atoms with Gasteiger partial charge in [-0.2, -0.15) is 5.10 Å². The summed E-state index contributed by atoms with van der Waals surface area (Å²) in [6.45, 7) is 8.52. The van der Waals surface area contributed by atoms with E-state index in [1.165, 1.54) is 0 Å². The number of rotatable bonds is 2. The topological polar surface area (TPSA) is 54.4 Å². The fraction of sp³-hybridized carbons (Fsp3) is 0.526. The highest BCUT2D eigenvalue weighted by Crippen LogP contribution is 2.28. The summed E-state index contributed by atoms with van der Waals surface area (Å²) in [4.78, 5) is 9.34. The molecule has 0 unspecified atom stereocenters. The van der Waals surface area contributed by atoms with Crippen molar-refractivity contribution in [2.75, 3.05) is 42.6 Å². The molecule has 2 aromatic heterocycles. The number of hydrogen-bond acceptors (Lipinski definition) is 6. The normalized spacial score (nSPS) is 23.9. The summed E-state index contributed by atoms with van der Waals surface area (Å²) >= 11 is 0. The number of hydrogen-bond donors (Lipinski definition) is 0. The van der Waals surface area contributed by atoms with Crippen molar-refractivity contribution < 1.29 is 4.74 Å². The second-order valence-corrected chi connectivity index (χ2v) is 7.02. The third kappa shape index (κ3) is 3.58. The van der Waals surface area contributed by atoms with E-state index in [0.29, 0.717) is 5.92 Å². The van der Waals surface area contributed by atoms with E-state index in [4.69, 9.17) is 4.74 Å². The van der Waals surface area contributed by atoms with Crippen LogP contribution in [-0.4, -0.2) is 54.1 Å². The summed E-state index contributed by atoms with van der Waals surface area (Å²) in [5.74, 6) is 2.54. The lowest BCUT2D eigenvalue weighted by atomic mass is 9.93. The third-order valence-electron chi connectivity index (χ3n) is 5.15. The summed E-state index contributed by atoms with van der Waals surface area (Å²) < 4.78 is 6.21. The summed E-state index contributed by atoms with van der Waals surface area (Å²) in [5.41, 5.74) is 2.01. The van der Waals surface area contributed by atoms with Gasteiger partial charge in [0, 0.05) is 37.8 Å². The second kappa shape index (κ2) is 6.96. The summed E-state index contributed by atoms with van der Waals surface area (Å²) in [6, 6.07) is 10.3. The second-order valence-electron chi connectivity index (χ2n) is 7.02. The molecule has 6 nitrogen and oxygen atoms in total. The number of aryl methyl sites for hydroxylation is 2. The zero-order chi connectivity index (χ0) is 17.2. The van der Waals surface area contributed by atoms with Gasteiger partial charge < -0.3 is 14.5 Å². The molecule has 0 aromatic carbocycles. The smallest absolute Gasteiger partial charge is 0.151 e. The molecule has 0 N–H and O–H groups in total. The highest BCUT2D eigenvalue weighted by atomic mass is 16.5. The Balaban J connectivity index is 1.46. The summed E-state index contributed by atoms with van der Waals surface area (Å²) in [7, 11) is 0. The van der Waals surface area contributed by atoms with Crippen LogP contribution in [0.4, 0.5) is 11.6 Å². The molecule has 2 aliphatic heterocycles. The van der Waals surface area contributed by atoms with Crippen LogP contribution in [-0.2, 0) is 4.74 Å². The molecule has 4 heterocycles. The Labute approximate surface area is 148 Å². The van der Waals surface area contributed by atoms with E-state index in [9.17, 15) is 0 Å². The Kier molecular flexibility index (Phi) is 4.53. The maximum absolute atomic E-state index is 6.21. The molecule has 2 aliphatic rings. The van der Waals surface area contributed by atoms with E-state index in [1.807, 2.05) is 26.0 Å².